The fourth-order valence-corrected chi connectivity index (χ4v) is 3.68. The maximum absolute atomic E-state index is 6.32. The van der Waals surface area contributed by atoms with E-state index in [1.54, 1.807) is 0 Å². The van der Waals surface area contributed by atoms with Gasteiger partial charge in [0.05, 0.1) is 0 Å². The predicted octanol–water partition coefficient (Wildman–Crippen LogP) is 5.37. The Hall–Kier alpha value is -2.20. The van der Waals surface area contributed by atoms with Gasteiger partial charge in [0.1, 0.15) is 0 Å². The molecule has 3 rings (SSSR count). The van der Waals surface area contributed by atoms with E-state index < -0.39 is 0 Å². The lowest BCUT2D eigenvalue weighted by atomic mass is 10.0. The molecule has 0 bridgehead atoms. The number of hydrogen-bond acceptors (Lipinski definition) is 3. The molecule has 0 saturated carbocycles. The summed E-state index contributed by atoms with van der Waals surface area (Å²) in [6.45, 7) is 7.59. The summed E-state index contributed by atoms with van der Waals surface area (Å²) in [5.74, 6) is 0. The zero-order valence-corrected chi connectivity index (χ0v) is 17.4. The van der Waals surface area contributed by atoms with E-state index in [-0.39, 0.29) is 0 Å². The quantitative estimate of drug-likeness (QED) is 0.559. The summed E-state index contributed by atoms with van der Waals surface area (Å²) in [4.78, 5) is 6.65. The van der Waals surface area contributed by atoms with Crippen LogP contribution in [0.5, 0.6) is 0 Å². The maximum atomic E-state index is 6.32. The molecule has 28 heavy (non-hydrogen) atoms. The molecule has 0 fully saturated rings. The van der Waals surface area contributed by atoms with Gasteiger partial charge in [-0.2, -0.15) is 0 Å². The summed E-state index contributed by atoms with van der Waals surface area (Å²) in [5, 5.41) is 0.825. The van der Waals surface area contributed by atoms with Crippen LogP contribution in [-0.2, 0) is 13.1 Å². The first-order valence-corrected chi connectivity index (χ1v) is 10.1. The first-order chi connectivity index (χ1) is 13.6. The van der Waals surface area contributed by atoms with Crippen molar-refractivity contribution in [1.29, 1.82) is 0 Å². The number of nitrogens with two attached hydrogens (primary N) is 1. The minimum Gasteiger partial charge on any atom is -0.330 e. The lowest BCUT2D eigenvalue weighted by Crippen LogP contribution is -2.26. The second-order valence-electron chi connectivity index (χ2n) is 7.27. The number of aromatic nitrogens is 1. The number of rotatable bonds is 8. The number of benzene rings is 2. The molecule has 2 aromatic carbocycles. The van der Waals surface area contributed by atoms with Crippen LogP contribution in [0.4, 0.5) is 0 Å². The molecule has 4 heteroatoms. The monoisotopic (exact) mass is 393 g/mol. The van der Waals surface area contributed by atoms with Crippen molar-refractivity contribution in [1.82, 2.24) is 9.88 Å². The Morgan fingerprint density at radius 2 is 1.86 bits per heavy atom. The van der Waals surface area contributed by atoms with Gasteiger partial charge in [-0.05, 0) is 78.4 Å². The van der Waals surface area contributed by atoms with Crippen molar-refractivity contribution in [2.24, 2.45) is 5.73 Å². The van der Waals surface area contributed by atoms with Gasteiger partial charge in [-0.3, -0.25) is 9.88 Å². The molecule has 0 saturated heterocycles. The van der Waals surface area contributed by atoms with Crippen molar-refractivity contribution in [2.45, 2.75) is 33.4 Å². The molecule has 1 aromatic heterocycles. The third-order valence-corrected chi connectivity index (χ3v) is 5.53. The molecule has 0 aliphatic rings. The fourth-order valence-electron chi connectivity index (χ4n) is 3.49. The number of aryl methyl sites for hydroxylation is 1. The Labute approximate surface area is 173 Å². The van der Waals surface area contributed by atoms with Crippen molar-refractivity contribution in [3.63, 3.8) is 0 Å². The summed E-state index contributed by atoms with van der Waals surface area (Å²) in [6, 6.07) is 17.0. The van der Waals surface area contributed by atoms with Crippen LogP contribution in [0.1, 0.15) is 28.7 Å². The van der Waals surface area contributed by atoms with Crippen LogP contribution in [0.2, 0.25) is 5.02 Å². The minimum absolute atomic E-state index is 0.696. The lowest BCUT2D eigenvalue weighted by molar-refractivity contribution is 0.254. The van der Waals surface area contributed by atoms with Crippen molar-refractivity contribution in [3.8, 4) is 11.1 Å². The summed E-state index contributed by atoms with van der Waals surface area (Å²) in [7, 11) is 0. The molecule has 0 aliphatic heterocycles. The zero-order valence-electron chi connectivity index (χ0n) is 16.7. The van der Waals surface area contributed by atoms with Gasteiger partial charge in [0.25, 0.3) is 0 Å². The summed E-state index contributed by atoms with van der Waals surface area (Å²) in [6.07, 6.45) is 4.74. The average molecular weight is 394 g/mol. The normalized spacial score (nSPS) is 11.2. The lowest BCUT2D eigenvalue weighted by Gasteiger charge is -2.24. The van der Waals surface area contributed by atoms with Gasteiger partial charge in [-0.25, -0.2) is 0 Å². The highest BCUT2D eigenvalue weighted by molar-refractivity contribution is 6.31. The Balaban J connectivity index is 1.82. The van der Waals surface area contributed by atoms with E-state index in [0.717, 1.165) is 36.6 Å². The Kier molecular flexibility index (Phi) is 7.21. The molecule has 1 heterocycles. The molecule has 3 nitrogen and oxygen atoms in total. The average Bonchev–Trinajstić information content (AvgIpc) is 2.70. The van der Waals surface area contributed by atoms with Crippen LogP contribution in [0.15, 0.2) is 60.9 Å². The molecular formula is C24H28ClN3. The van der Waals surface area contributed by atoms with Crippen LogP contribution >= 0.6 is 11.6 Å². The molecule has 146 valence electrons. The van der Waals surface area contributed by atoms with E-state index in [1.807, 2.05) is 24.5 Å². The zero-order chi connectivity index (χ0) is 19.9. The molecule has 2 N–H and O–H groups in total. The molecule has 0 atom stereocenters. The second kappa shape index (κ2) is 9.83. The predicted molar refractivity (Wildman–Crippen MR) is 118 cm³/mol. The Morgan fingerprint density at radius 1 is 1.04 bits per heavy atom. The van der Waals surface area contributed by atoms with Crippen LogP contribution in [0.3, 0.4) is 0 Å². The van der Waals surface area contributed by atoms with Crippen molar-refractivity contribution in [3.05, 3.63) is 88.2 Å². The molecule has 0 unspecified atom stereocenters. The van der Waals surface area contributed by atoms with Gasteiger partial charge in [0.2, 0.25) is 0 Å². The van der Waals surface area contributed by atoms with Crippen LogP contribution in [-0.4, -0.2) is 23.0 Å². The second-order valence-corrected chi connectivity index (χ2v) is 7.68. The van der Waals surface area contributed by atoms with Gasteiger partial charge in [0, 0.05) is 37.1 Å². The molecule has 0 radical (unpaired) electrons. The molecule has 0 aliphatic carbocycles. The maximum Gasteiger partial charge on any atom is 0.0438 e. The SMILES string of the molecule is Cc1cnccc1-c1cccc(CN(CCCN)Cc2cccc(Cl)c2C)c1. The minimum atomic E-state index is 0.696. The van der Waals surface area contributed by atoms with Crippen molar-refractivity contribution >= 4 is 11.6 Å². The van der Waals surface area contributed by atoms with Crippen LogP contribution in [0.25, 0.3) is 11.1 Å². The van der Waals surface area contributed by atoms with Gasteiger partial charge in [-0.1, -0.05) is 41.9 Å². The highest BCUT2D eigenvalue weighted by atomic mass is 35.5. The Morgan fingerprint density at radius 3 is 2.64 bits per heavy atom. The highest BCUT2D eigenvalue weighted by Crippen LogP contribution is 2.25. The van der Waals surface area contributed by atoms with Gasteiger partial charge >= 0.3 is 0 Å². The first-order valence-electron chi connectivity index (χ1n) is 9.75. The van der Waals surface area contributed by atoms with Crippen LogP contribution in [0, 0.1) is 13.8 Å². The topological polar surface area (TPSA) is 42.2 Å². The summed E-state index contributed by atoms with van der Waals surface area (Å²) in [5.41, 5.74) is 13.2. The summed E-state index contributed by atoms with van der Waals surface area (Å²) >= 11 is 6.32. The van der Waals surface area contributed by atoms with E-state index in [0.29, 0.717) is 6.54 Å². The van der Waals surface area contributed by atoms with Crippen LogP contribution < -0.4 is 5.73 Å². The van der Waals surface area contributed by atoms with Crippen molar-refractivity contribution in [2.75, 3.05) is 13.1 Å². The van der Waals surface area contributed by atoms with Gasteiger partial charge < -0.3 is 5.73 Å². The van der Waals surface area contributed by atoms with Gasteiger partial charge in [0.15, 0.2) is 0 Å². The highest BCUT2D eigenvalue weighted by Gasteiger charge is 2.11. The smallest absolute Gasteiger partial charge is 0.0438 e. The Bertz CT molecular complexity index is 923. The third-order valence-electron chi connectivity index (χ3n) is 5.12. The number of nitrogens with zero attached hydrogens (tertiary/aromatic N) is 2. The molecular weight excluding hydrogens is 366 g/mol. The van der Waals surface area contributed by atoms with Gasteiger partial charge in [-0.15, -0.1) is 0 Å². The first kappa shape index (κ1) is 20.5. The number of pyridine rings is 1. The van der Waals surface area contributed by atoms with E-state index >= 15 is 0 Å². The van der Waals surface area contributed by atoms with Crippen molar-refractivity contribution < 1.29 is 0 Å². The largest absolute Gasteiger partial charge is 0.330 e. The van der Waals surface area contributed by atoms with E-state index in [2.05, 4.69) is 60.1 Å². The molecule has 0 spiro atoms. The number of halogens is 1. The van der Waals surface area contributed by atoms with E-state index in [9.17, 15) is 0 Å². The molecule has 3 aromatic rings. The van der Waals surface area contributed by atoms with E-state index in [4.69, 9.17) is 17.3 Å². The number of hydrogen-bond donors (Lipinski definition) is 1. The standard InChI is InChI=1S/C24H28ClN3/c1-18-15-27-12-10-23(18)21-7-3-6-20(14-21)16-28(13-5-11-26)17-22-8-4-9-24(25)19(22)2/h3-4,6-10,12,14-15H,5,11,13,16-17,26H2,1-2H3. The molecule has 0 amide bonds. The third kappa shape index (κ3) is 5.20. The summed E-state index contributed by atoms with van der Waals surface area (Å²) < 4.78 is 0. The van der Waals surface area contributed by atoms with E-state index in [1.165, 1.54) is 27.8 Å². The fraction of sp³-hybridized carbons (Fsp3) is 0.292.